The Labute approximate surface area is 195 Å². The van der Waals surface area contributed by atoms with E-state index in [1.807, 2.05) is 13.0 Å². The first-order valence-corrected chi connectivity index (χ1v) is 11.0. The number of carboxylic acid groups (broad SMARTS) is 1. The highest BCUT2D eigenvalue weighted by Gasteiger charge is 2.17. The van der Waals surface area contributed by atoms with Gasteiger partial charge in [0.1, 0.15) is 0 Å². The van der Waals surface area contributed by atoms with E-state index in [1.54, 1.807) is 55.5 Å². The summed E-state index contributed by atoms with van der Waals surface area (Å²) in [6.45, 7) is 3.70. The fraction of sp³-hybridized carbons (Fsp3) is 0.125. The van der Waals surface area contributed by atoms with Crippen LogP contribution in [0, 0.1) is 6.92 Å². The van der Waals surface area contributed by atoms with Gasteiger partial charge in [0.25, 0.3) is 5.91 Å². The Balaban J connectivity index is 1.62. The first-order chi connectivity index (χ1) is 15.2. The smallest absolute Gasteiger partial charge is 0.336 e. The Morgan fingerprint density at radius 3 is 2.25 bits per heavy atom. The van der Waals surface area contributed by atoms with E-state index in [0.717, 1.165) is 10.5 Å². The van der Waals surface area contributed by atoms with Crippen LogP contribution in [0.2, 0.25) is 5.02 Å². The van der Waals surface area contributed by atoms with Crippen molar-refractivity contribution < 1.29 is 19.5 Å². The minimum Gasteiger partial charge on any atom is -0.478 e. The number of carbonyl (C=O) groups is 3. The molecule has 0 unspecified atom stereocenters. The Kier molecular flexibility index (Phi) is 7.56. The van der Waals surface area contributed by atoms with Crippen LogP contribution in [0.3, 0.4) is 0 Å². The van der Waals surface area contributed by atoms with E-state index in [0.29, 0.717) is 16.4 Å². The number of amides is 2. The molecule has 0 saturated heterocycles. The lowest BCUT2D eigenvalue weighted by Crippen LogP contribution is -2.22. The van der Waals surface area contributed by atoms with Crippen LogP contribution < -0.4 is 10.6 Å². The molecule has 0 aliphatic carbocycles. The Morgan fingerprint density at radius 2 is 1.59 bits per heavy atom. The zero-order valence-corrected chi connectivity index (χ0v) is 19.0. The highest BCUT2D eigenvalue weighted by atomic mass is 35.5. The summed E-state index contributed by atoms with van der Waals surface area (Å²) in [5, 5.41) is 15.0. The molecule has 3 rings (SSSR count). The van der Waals surface area contributed by atoms with Gasteiger partial charge in [0.2, 0.25) is 5.91 Å². The number of halogens is 1. The van der Waals surface area contributed by atoms with Crippen LogP contribution in [0.5, 0.6) is 0 Å². The van der Waals surface area contributed by atoms with E-state index in [2.05, 4.69) is 10.6 Å². The number of carboxylic acids is 1. The summed E-state index contributed by atoms with van der Waals surface area (Å²) in [6.07, 6.45) is 0. The second-order valence-corrected chi connectivity index (χ2v) is 8.89. The highest BCUT2D eigenvalue weighted by molar-refractivity contribution is 8.00. The Morgan fingerprint density at radius 1 is 0.938 bits per heavy atom. The van der Waals surface area contributed by atoms with Crippen molar-refractivity contribution >= 4 is 52.5 Å². The summed E-state index contributed by atoms with van der Waals surface area (Å²) < 4.78 is 0. The monoisotopic (exact) mass is 468 g/mol. The molecule has 32 heavy (non-hydrogen) atoms. The number of benzene rings is 3. The number of aromatic carboxylic acids is 1. The number of rotatable bonds is 7. The fourth-order valence-electron chi connectivity index (χ4n) is 2.90. The van der Waals surface area contributed by atoms with Gasteiger partial charge in [-0.2, -0.15) is 0 Å². The molecular weight excluding hydrogens is 448 g/mol. The van der Waals surface area contributed by atoms with Crippen LogP contribution >= 0.6 is 23.4 Å². The molecule has 1 atom stereocenters. The van der Waals surface area contributed by atoms with Gasteiger partial charge in [-0.1, -0.05) is 29.8 Å². The van der Waals surface area contributed by atoms with Crippen LogP contribution in [0.4, 0.5) is 11.4 Å². The maximum atomic E-state index is 12.6. The maximum absolute atomic E-state index is 12.6. The molecule has 3 aromatic carbocycles. The van der Waals surface area contributed by atoms with E-state index in [-0.39, 0.29) is 22.3 Å². The topological polar surface area (TPSA) is 95.5 Å². The van der Waals surface area contributed by atoms with Crippen LogP contribution in [0.25, 0.3) is 0 Å². The van der Waals surface area contributed by atoms with Crippen molar-refractivity contribution in [1.82, 2.24) is 0 Å². The number of aryl methyl sites for hydroxylation is 1. The van der Waals surface area contributed by atoms with Gasteiger partial charge in [-0.05, 0) is 67.9 Å². The molecule has 0 fully saturated rings. The van der Waals surface area contributed by atoms with Crippen molar-refractivity contribution in [3.63, 3.8) is 0 Å². The minimum absolute atomic E-state index is 0.0630. The summed E-state index contributed by atoms with van der Waals surface area (Å²) >= 11 is 7.38. The van der Waals surface area contributed by atoms with Crippen LogP contribution in [-0.4, -0.2) is 28.1 Å². The molecule has 0 spiro atoms. The molecule has 164 valence electrons. The molecule has 8 heteroatoms. The van der Waals surface area contributed by atoms with Gasteiger partial charge < -0.3 is 15.7 Å². The molecule has 0 saturated carbocycles. The van der Waals surface area contributed by atoms with Gasteiger partial charge in [-0.3, -0.25) is 9.59 Å². The maximum Gasteiger partial charge on any atom is 0.336 e. The van der Waals surface area contributed by atoms with Crippen LogP contribution in [0.1, 0.15) is 33.2 Å². The molecule has 3 N–H and O–H groups in total. The summed E-state index contributed by atoms with van der Waals surface area (Å²) in [4.78, 5) is 37.2. The standard InChI is InChI=1S/C24H21ClN2O4S/c1-14-7-8-16(25)13-21(14)27-22(28)15(2)32-18-11-9-17(10-12-18)26-23(29)19-5-3-4-6-20(19)24(30)31/h3-13,15H,1-2H3,(H,26,29)(H,27,28)(H,30,31)/t15-/m1/s1. The third-order valence-electron chi connectivity index (χ3n) is 4.65. The van der Waals surface area contributed by atoms with Crippen molar-refractivity contribution in [2.75, 3.05) is 10.6 Å². The lowest BCUT2D eigenvalue weighted by molar-refractivity contribution is -0.115. The highest BCUT2D eigenvalue weighted by Crippen LogP contribution is 2.27. The molecule has 0 aliphatic heterocycles. The molecule has 0 bridgehead atoms. The lowest BCUT2D eigenvalue weighted by atomic mass is 10.1. The molecule has 0 heterocycles. The second-order valence-electron chi connectivity index (χ2n) is 7.04. The fourth-order valence-corrected chi connectivity index (χ4v) is 3.94. The van der Waals surface area contributed by atoms with Crippen molar-refractivity contribution in [2.24, 2.45) is 0 Å². The van der Waals surface area contributed by atoms with Crippen LogP contribution in [0.15, 0.2) is 71.6 Å². The molecule has 0 aromatic heterocycles. The Bertz CT molecular complexity index is 1160. The number of hydrogen-bond donors (Lipinski definition) is 3. The predicted molar refractivity (Wildman–Crippen MR) is 128 cm³/mol. The largest absolute Gasteiger partial charge is 0.478 e. The van der Waals surface area contributed by atoms with E-state index in [1.165, 1.54) is 23.9 Å². The number of thioether (sulfide) groups is 1. The van der Waals surface area contributed by atoms with Crippen molar-refractivity contribution in [3.8, 4) is 0 Å². The lowest BCUT2D eigenvalue weighted by Gasteiger charge is -2.14. The normalized spacial score (nSPS) is 11.5. The summed E-state index contributed by atoms with van der Waals surface area (Å²) in [5.41, 5.74) is 2.14. The quantitative estimate of drug-likeness (QED) is 0.385. The molecule has 0 radical (unpaired) electrons. The first-order valence-electron chi connectivity index (χ1n) is 9.72. The third kappa shape index (κ3) is 5.90. The molecular formula is C24H21ClN2O4S. The number of nitrogens with one attached hydrogen (secondary N) is 2. The number of carbonyl (C=O) groups excluding carboxylic acids is 2. The molecule has 2 amide bonds. The van der Waals surface area contributed by atoms with Crippen molar-refractivity contribution in [1.29, 1.82) is 0 Å². The Hall–Kier alpha value is -3.29. The average Bonchev–Trinajstić information content (AvgIpc) is 2.77. The van der Waals surface area contributed by atoms with Gasteiger partial charge in [0.05, 0.1) is 16.4 Å². The minimum atomic E-state index is -1.16. The van der Waals surface area contributed by atoms with Gasteiger partial charge >= 0.3 is 5.97 Å². The van der Waals surface area contributed by atoms with Crippen molar-refractivity contribution in [2.45, 2.75) is 24.0 Å². The van der Waals surface area contributed by atoms with Gasteiger partial charge in [0.15, 0.2) is 0 Å². The zero-order chi connectivity index (χ0) is 23.3. The zero-order valence-electron chi connectivity index (χ0n) is 17.4. The summed E-state index contributed by atoms with van der Waals surface area (Å²) in [7, 11) is 0. The molecule has 6 nitrogen and oxygen atoms in total. The predicted octanol–water partition coefficient (Wildman–Crippen LogP) is 5.72. The summed E-state index contributed by atoms with van der Waals surface area (Å²) in [6, 6.07) is 18.3. The molecule has 0 aliphatic rings. The third-order valence-corrected chi connectivity index (χ3v) is 6.00. The SMILES string of the molecule is Cc1ccc(Cl)cc1NC(=O)[C@@H](C)Sc1ccc(NC(=O)c2ccccc2C(=O)O)cc1. The van der Waals surface area contributed by atoms with Gasteiger partial charge in [0, 0.05) is 21.3 Å². The van der Waals surface area contributed by atoms with E-state index in [4.69, 9.17) is 11.6 Å². The first kappa shape index (κ1) is 23.4. The van der Waals surface area contributed by atoms with E-state index >= 15 is 0 Å². The number of anilines is 2. The average molecular weight is 469 g/mol. The van der Waals surface area contributed by atoms with Crippen LogP contribution in [-0.2, 0) is 4.79 Å². The van der Waals surface area contributed by atoms with Gasteiger partial charge in [-0.25, -0.2) is 4.79 Å². The number of hydrogen-bond acceptors (Lipinski definition) is 4. The van der Waals surface area contributed by atoms with E-state index in [9.17, 15) is 19.5 Å². The van der Waals surface area contributed by atoms with E-state index < -0.39 is 11.9 Å². The second kappa shape index (κ2) is 10.3. The van der Waals surface area contributed by atoms with Gasteiger partial charge in [-0.15, -0.1) is 11.8 Å². The molecule has 3 aromatic rings. The van der Waals surface area contributed by atoms with Crippen molar-refractivity contribution in [3.05, 3.63) is 88.4 Å². The summed E-state index contributed by atoms with van der Waals surface area (Å²) in [5.74, 6) is -1.82.